The van der Waals surface area contributed by atoms with Crippen molar-refractivity contribution in [2.24, 2.45) is 5.73 Å². The van der Waals surface area contributed by atoms with Crippen LogP contribution in [0.4, 0.5) is 0 Å². The van der Waals surface area contributed by atoms with Gasteiger partial charge in [-0.25, -0.2) is 4.68 Å². The van der Waals surface area contributed by atoms with Crippen molar-refractivity contribution in [3.8, 4) is 5.69 Å². The van der Waals surface area contributed by atoms with E-state index >= 15 is 0 Å². The molecule has 1 heterocycles. The molecule has 0 fully saturated rings. The average Bonchev–Trinajstić information content (AvgIpc) is 3.00. The van der Waals surface area contributed by atoms with Crippen LogP contribution in [0.5, 0.6) is 0 Å². The maximum atomic E-state index is 6.42. The SMILES string of the molecule is Cc1cccc(C(N)c2cnn(-c3ccccc3)c2)c1I. The van der Waals surface area contributed by atoms with Crippen LogP contribution in [-0.2, 0) is 0 Å². The van der Waals surface area contributed by atoms with E-state index in [1.54, 1.807) is 0 Å². The van der Waals surface area contributed by atoms with Crippen LogP contribution in [0.2, 0.25) is 0 Å². The number of nitrogens with two attached hydrogens (primary N) is 1. The van der Waals surface area contributed by atoms with E-state index in [0.717, 1.165) is 16.8 Å². The Morgan fingerprint density at radius 1 is 1.10 bits per heavy atom. The Labute approximate surface area is 137 Å². The van der Waals surface area contributed by atoms with Gasteiger partial charge in [0.25, 0.3) is 0 Å². The molecule has 1 atom stereocenters. The maximum Gasteiger partial charge on any atom is 0.0645 e. The summed E-state index contributed by atoms with van der Waals surface area (Å²) in [6.45, 7) is 2.10. The molecule has 0 bridgehead atoms. The average molecular weight is 389 g/mol. The van der Waals surface area contributed by atoms with Gasteiger partial charge in [0, 0.05) is 15.3 Å². The number of rotatable bonds is 3. The summed E-state index contributed by atoms with van der Waals surface area (Å²) in [5.41, 5.74) is 10.9. The van der Waals surface area contributed by atoms with E-state index in [4.69, 9.17) is 5.73 Å². The molecule has 4 heteroatoms. The highest BCUT2D eigenvalue weighted by Gasteiger charge is 2.15. The van der Waals surface area contributed by atoms with Crippen LogP contribution in [0.25, 0.3) is 5.69 Å². The number of nitrogens with zero attached hydrogens (tertiary/aromatic N) is 2. The van der Waals surface area contributed by atoms with E-state index in [1.807, 2.05) is 53.5 Å². The second kappa shape index (κ2) is 5.99. The third-order valence-electron chi connectivity index (χ3n) is 3.54. The lowest BCUT2D eigenvalue weighted by Crippen LogP contribution is -2.13. The molecule has 21 heavy (non-hydrogen) atoms. The van der Waals surface area contributed by atoms with E-state index in [0.29, 0.717) is 0 Å². The molecule has 0 aliphatic rings. The predicted octanol–water partition coefficient (Wildman–Crippen LogP) is 3.83. The van der Waals surface area contributed by atoms with Gasteiger partial charge in [-0.15, -0.1) is 0 Å². The fourth-order valence-corrected chi connectivity index (χ4v) is 3.00. The lowest BCUT2D eigenvalue weighted by Gasteiger charge is -2.13. The first-order valence-corrected chi connectivity index (χ1v) is 7.85. The molecule has 0 saturated carbocycles. The molecule has 0 amide bonds. The summed E-state index contributed by atoms with van der Waals surface area (Å²) in [5, 5.41) is 4.42. The minimum atomic E-state index is -0.158. The van der Waals surface area contributed by atoms with Crippen LogP contribution in [0.15, 0.2) is 60.9 Å². The Bertz CT molecular complexity index is 750. The van der Waals surface area contributed by atoms with Gasteiger partial charge in [-0.3, -0.25) is 0 Å². The molecule has 2 N–H and O–H groups in total. The van der Waals surface area contributed by atoms with E-state index in [9.17, 15) is 0 Å². The minimum Gasteiger partial charge on any atom is -0.320 e. The van der Waals surface area contributed by atoms with Crippen molar-refractivity contribution >= 4 is 22.6 Å². The quantitative estimate of drug-likeness (QED) is 0.692. The van der Waals surface area contributed by atoms with Crippen molar-refractivity contribution < 1.29 is 0 Å². The summed E-state index contributed by atoms with van der Waals surface area (Å²) in [7, 11) is 0. The molecule has 3 aromatic rings. The molecule has 0 aliphatic heterocycles. The van der Waals surface area contributed by atoms with Gasteiger partial charge in [0.05, 0.1) is 17.9 Å². The van der Waals surface area contributed by atoms with E-state index < -0.39 is 0 Å². The van der Waals surface area contributed by atoms with Gasteiger partial charge in [0.1, 0.15) is 0 Å². The van der Waals surface area contributed by atoms with Gasteiger partial charge in [-0.2, -0.15) is 5.10 Å². The fraction of sp³-hybridized carbons (Fsp3) is 0.118. The topological polar surface area (TPSA) is 43.8 Å². The Kier molecular flexibility index (Phi) is 4.07. The number of halogens is 1. The van der Waals surface area contributed by atoms with Crippen LogP contribution < -0.4 is 5.73 Å². The highest BCUT2D eigenvalue weighted by Crippen LogP contribution is 2.26. The second-order valence-electron chi connectivity index (χ2n) is 5.01. The highest BCUT2D eigenvalue weighted by atomic mass is 127. The molecular weight excluding hydrogens is 373 g/mol. The molecule has 106 valence electrons. The van der Waals surface area contributed by atoms with E-state index in [-0.39, 0.29) is 6.04 Å². The zero-order valence-electron chi connectivity index (χ0n) is 11.7. The molecule has 3 rings (SSSR count). The summed E-state index contributed by atoms with van der Waals surface area (Å²) in [6, 6.07) is 16.1. The number of benzene rings is 2. The van der Waals surface area contributed by atoms with Crippen LogP contribution in [0, 0.1) is 10.5 Å². The second-order valence-corrected chi connectivity index (χ2v) is 6.09. The van der Waals surface area contributed by atoms with Crippen molar-refractivity contribution in [2.45, 2.75) is 13.0 Å². The standard InChI is InChI=1S/C17H16IN3/c1-12-6-5-9-15(16(12)18)17(19)13-10-20-21(11-13)14-7-3-2-4-8-14/h2-11,17H,19H2,1H3. The number of aryl methyl sites for hydroxylation is 1. The van der Waals surface area contributed by atoms with E-state index in [2.05, 4.69) is 46.7 Å². The molecule has 3 nitrogen and oxygen atoms in total. The Hall–Kier alpha value is -1.66. The Morgan fingerprint density at radius 2 is 1.86 bits per heavy atom. The minimum absolute atomic E-state index is 0.158. The van der Waals surface area contributed by atoms with Gasteiger partial charge in [0.15, 0.2) is 0 Å². The van der Waals surface area contributed by atoms with Crippen molar-refractivity contribution in [1.29, 1.82) is 0 Å². The lowest BCUT2D eigenvalue weighted by atomic mass is 10.0. The first-order chi connectivity index (χ1) is 10.2. The molecule has 1 aromatic heterocycles. The fourth-order valence-electron chi connectivity index (χ4n) is 2.31. The smallest absolute Gasteiger partial charge is 0.0645 e. The summed E-state index contributed by atoms with van der Waals surface area (Å²) < 4.78 is 3.08. The molecule has 0 saturated heterocycles. The molecule has 2 aromatic carbocycles. The third kappa shape index (κ3) is 2.87. The number of para-hydroxylation sites is 1. The molecule has 1 unspecified atom stereocenters. The summed E-state index contributed by atoms with van der Waals surface area (Å²) in [5.74, 6) is 0. The van der Waals surface area contributed by atoms with Crippen molar-refractivity contribution in [3.63, 3.8) is 0 Å². The van der Waals surface area contributed by atoms with Crippen LogP contribution in [-0.4, -0.2) is 9.78 Å². The Balaban J connectivity index is 1.95. The zero-order chi connectivity index (χ0) is 14.8. The van der Waals surface area contributed by atoms with Crippen LogP contribution in [0.1, 0.15) is 22.7 Å². The maximum absolute atomic E-state index is 6.42. The van der Waals surface area contributed by atoms with Gasteiger partial charge in [-0.1, -0.05) is 36.4 Å². The number of aromatic nitrogens is 2. The number of hydrogen-bond donors (Lipinski definition) is 1. The van der Waals surface area contributed by atoms with Crippen LogP contribution in [0.3, 0.4) is 0 Å². The van der Waals surface area contributed by atoms with Crippen molar-refractivity contribution in [3.05, 3.63) is 81.2 Å². The summed E-state index contributed by atoms with van der Waals surface area (Å²) in [4.78, 5) is 0. The molecule has 0 radical (unpaired) electrons. The summed E-state index contributed by atoms with van der Waals surface area (Å²) >= 11 is 2.36. The van der Waals surface area contributed by atoms with Gasteiger partial charge >= 0.3 is 0 Å². The summed E-state index contributed by atoms with van der Waals surface area (Å²) in [6.07, 6.45) is 3.84. The molecule has 0 spiro atoms. The first-order valence-electron chi connectivity index (χ1n) is 6.77. The molecular formula is C17H16IN3. The predicted molar refractivity (Wildman–Crippen MR) is 93.5 cm³/mol. The van der Waals surface area contributed by atoms with Gasteiger partial charge in [0.2, 0.25) is 0 Å². The normalized spacial score (nSPS) is 12.3. The van der Waals surface area contributed by atoms with Crippen molar-refractivity contribution in [2.75, 3.05) is 0 Å². The lowest BCUT2D eigenvalue weighted by molar-refractivity contribution is 0.856. The number of hydrogen-bond acceptors (Lipinski definition) is 2. The third-order valence-corrected chi connectivity index (χ3v) is 5.01. The Morgan fingerprint density at radius 3 is 2.62 bits per heavy atom. The highest BCUT2D eigenvalue weighted by molar-refractivity contribution is 14.1. The largest absolute Gasteiger partial charge is 0.320 e. The zero-order valence-corrected chi connectivity index (χ0v) is 13.9. The van der Waals surface area contributed by atoms with Crippen LogP contribution >= 0.6 is 22.6 Å². The molecule has 0 aliphatic carbocycles. The van der Waals surface area contributed by atoms with Gasteiger partial charge < -0.3 is 5.73 Å². The van der Waals surface area contributed by atoms with Gasteiger partial charge in [-0.05, 0) is 52.8 Å². The monoisotopic (exact) mass is 389 g/mol. The van der Waals surface area contributed by atoms with E-state index in [1.165, 1.54) is 9.13 Å². The van der Waals surface area contributed by atoms with Crippen molar-refractivity contribution in [1.82, 2.24) is 9.78 Å². The first kappa shape index (κ1) is 14.3.